The predicted molar refractivity (Wildman–Crippen MR) is 60.0 cm³/mol. The molecule has 0 amide bonds. The van der Waals surface area contributed by atoms with Crippen molar-refractivity contribution in [2.24, 2.45) is 0 Å². The van der Waals surface area contributed by atoms with Gasteiger partial charge in [0, 0.05) is 25.5 Å². The second-order valence-corrected chi connectivity index (χ2v) is 5.51. The number of halogens is 3. The number of nitrogens with zero attached hydrogens (tertiary/aromatic N) is 2. The lowest BCUT2D eigenvalue weighted by molar-refractivity contribution is -0.0483. The quantitative estimate of drug-likeness (QED) is 0.791. The lowest BCUT2D eigenvalue weighted by Crippen LogP contribution is -2.38. The van der Waals surface area contributed by atoms with Crippen LogP contribution in [0.3, 0.4) is 0 Å². The maximum absolute atomic E-state index is 11.9. The average Bonchev–Trinajstić information content (AvgIpc) is 2.84. The Bertz CT molecular complexity index is 415. The second-order valence-electron chi connectivity index (χ2n) is 3.58. The van der Waals surface area contributed by atoms with Crippen molar-refractivity contribution < 1.29 is 21.6 Å². The topological polar surface area (TPSA) is 50.3 Å². The van der Waals surface area contributed by atoms with Crippen LogP contribution >= 0.6 is 0 Å². The van der Waals surface area contributed by atoms with Gasteiger partial charge in [-0.15, -0.1) is 0 Å². The molecular formula is C10H13F3N2O2S. The van der Waals surface area contributed by atoms with E-state index < -0.39 is 15.5 Å². The molecule has 2 rings (SSSR count). The molecule has 0 atom stereocenters. The van der Waals surface area contributed by atoms with E-state index in [0.717, 1.165) is 0 Å². The molecule has 1 fully saturated rings. The first-order valence-electron chi connectivity index (χ1n) is 5.27. The van der Waals surface area contributed by atoms with Gasteiger partial charge in [0.2, 0.25) is 0 Å². The van der Waals surface area contributed by atoms with E-state index in [1.807, 2.05) is 18.2 Å². The fourth-order valence-electron chi connectivity index (χ4n) is 1.39. The maximum atomic E-state index is 11.9. The van der Waals surface area contributed by atoms with Crippen molar-refractivity contribution in [3.63, 3.8) is 0 Å². The van der Waals surface area contributed by atoms with Crippen molar-refractivity contribution >= 4 is 10.0 Å². The van der Waals surface area contributed by atoms with Gasteiger partial charge in [-0.05, 0) is 25.0 Å². The van der Waals surface area contributed by atoms with Crippen LogP contribution < -0.4 is 0 Å². The molecule has 1 aliphatic rings. The van der Waals surface area contributed by atoms with Gasteiger partial charge in [0.05, 0.1) is 0 Å². The van der Waals surface area contributed by atoms with Crippen LogP contribution in [0.25, 0.3) is 0 Å². The van der Waals surface area contributed by atoms with Gasteiger partial charge in [0.25, 0.3) is 0 Å². The number of hydrogen-bond donors (Lipinski definition) is 0. The molecule has 0 unspecified atom stereocenters. The Morgan fingerprint density at radius 3 is 1.78 bits per heavy atom. The van der Waals surface area contributed by atoms with E-state index in [9.17, 15) is 21.6 Å². The summed E-state index contributed by atoms with van der Waals surface area (Å²) in [5, 5.41) is 0. The Hall–Kier alpha value is -1.15. The highest BCUT2D eigenvalue weighted by molar-refractivity contribution is 7.90. The highest BCUT2D eigenvalue weighted by Gasteiger charge is 2.50. The minimum absolute atomic E-state index is 0.0121. The van der Waals surface area contributed by atoms with Gasteiger partial charge in [-0.2, -0.15) is 17.5 Å². The van der Waals surface area contributed by atoms with E-state index in [1.165, 1.54) is 0 Å². The Balaban J connectivity index is 0.000000225. The maximum Gasteiger partial charge on any atom is 0.511 e. The summed E-state index contributed by atoms with van der Waals surface area (Å²) in [6.45, 7) is -0.0241. The second kappa shape index (κ2) is 6.14. The molecule has 4 nitrogen and oxygen atoms in total. The van der Waals surface area contributed by atoms with Crippen LogP contribution in [0, 0.1) is 0 Å². The van der Waals surface area contributed by atoms with Gasteiger partial charge in [0.15, 0.2) is 0 Å². The summed E-state index contributed by atoms with van der Waals surface area (Å²) in [4.78, 5) is 3.78. The Morgan fingerprint density at radius 2 is 1.50 bits per heavy atom. The van der Waals surface area contributed by atoms with E-state index in [0.29, 0.717) is 17.1 Å². The number of pyridine rings is 1. The molecule has 0 spiro atoms. The smallest absolute Gasteiger partial charge is 0.265 e. The molecule has 1 aliphatic heterocycles. The fraction of sp³-hybridized carbons (Fsp3) is 0.500. The third kappa shape index (κ3) is 3.95. The summed E-state index contributed by atoms with van der Waals surface area (Å²) >= 11 is 0. The van der Waals surface area contributed by atoms with Crippen molar-refractivity contribution in [3.05, 3.63) is 30.6 Å². The lowest BCUT2D eigenvalue weighted by Gasteiger charge is -2.16. The third-order valence-electron chi connectivity index (χ3n) is 2.26. The fourth-order valence-corrected chi connectivity index (χ4v) is 2.42. The lowest BCUT2D eigenvalue weighted by atomic mass is 10.4. The van der Waals surface area contributed by atoms with Crippen LogP contribution in [0.4, 0.5) is 13.2 Å². The molecule has 8 heteroatoms. The molecule has 0 aromatic carbocycles. The molecule has 1 aromatic heterocycles. The summed E-state index contributed by atoms with van der Waals surface area (Å²) in [6, 6.07) is 5.72. The van der Waals surface area contributed by atoms with Crippen molar-refractivity contribution in [3.8, 4) is 0 Å². The number of rotatable bonds is 1. The Labute approximate surface area is 103 Å². The highest BCUT2D eigenvalue weighted by Crippen LogP contribution is 2.28. The van der Waals surface area contributed by atoms with Crippen molar-refractivity contribution in [1.29, 1.82) is 0 Å². The van der Waals surface area contributed by atoms with Crippen LogP contribution in [0.15, 0.2) is 30.6 Å². The van der Waals surface area contributed by atoms with E-state index in [2.05, 4.69) is 4.98 Å². The minimum Gasteiger partial charge on any atom is -0.265 e. The van der Waals surface area contributed by atoms with Crippen molar-refractivity contribution in [2.45, 2.75) is 18.3 Å². The Morgan fingerprint density at radius 1 is 1.00 bits per heavy atom. The first-order valence-corrected chi connectivity index (χ1v) is 6.71. The molecule has 18 heavy (non-hydrogen) atoms. The third-order valence-corrected chi connectivity index (χ3v) is 3.89. The van der Waals surface area contributed by atoms with Crippen LogP contribution in [0.1, 0.15) is 12.8 Å². The summed E-state index contributed by atoms with van der Waals surface area (Å²) in [6.07, 6.45) is 4.52. The molecule has 0 N–H and O–H groups in total. The number of hydrogen-bond acceptors (Lipinski definition) is 3. The predicted octanol–water partition coefficient (Wildman–Crippen LogP) is 2.01. The van der Waals surface area contributed by atoms with Crippen LogP contribution in [0.5, 0.6) is 0 Å². The van der Waals surface area contributed by atoms with Gasteiger partial charge < -0.3 is 0 Å². The van der Waals surface area contributed by atoms with Gasteiger partial charge in [-0.25, -0.2) is 8.42 Å². The molecule has 0 aliphatic carbocycles. The minimum atomic E-state index is -5.14. The van der Waals surface area contributed by atoms with Gasteiger partial charge in [-0.3, -0.25) is 4.98 Å². The van der Waals surface area contributed by atoms with Crippen molar-refractivity contribution in [1.82, 2.24) is 9.29 Å². The van der Waals surface area contributed by atoms with E-state index >= 15 is 0 Å². The zero-order chi connectivity index (χ0) is 13.6. The molecule has 1 saturated heterocycles. The zero-order valence-corrected chi connectivity index (χ0v) is 10.3. The average molecular weight is 282 g/mol. The van der Waals surface area contributed by atoms with Crippen LogP contribution in [-0.4, -0.2) is 36.3 Å². The summed E-state index contributed by atoms with van der Waals surface area (Å²) in [5.41, 5.74) is -5.14. The molecule has 2 heterocycles. The molecule has 1 aromatic rings. The highest BCUT2D eigenvalue weighted by atomic mass is 32.2. The van der Waals surface area contributed by atoms with Crippen molar-refractivity contribution in [2.75, 3.05) is 13.1 Å². The number of alkyl halides is 3. The molecule has 0 saturated carbocycles. The summed E-state index contributed by atoms with van der Waals surface area (Å²) in [7, 11) is -5.04. The molecule has 0 bridgehead atoms. The monoisotopic (exact) mass is 282 g/mol. The largest absolute Gasteiger partial charge is 0.511 e. The van der Waals surface area contributed by atoms with Crippen LogP contribution in [-0.2, 0) is 10.0 Å². The van der Waals surface area contributed by atoms with Gasteiger partial charge >= 0.3 is 15.5 Å². The zero-order valence-electron chi connectivity index (χ0n) is 9.47. The summed E-state index contributed by atoms with van der Waals surface area (Å²) in [5.74, 6) is 0. The number of sulfonamides is 1. The Kier molecular flexibility index (Phi) is 5.09. The molecule has 0 radical (unpaired) electrons. The molecular weight excluding hydrogens is 269 g/mol. The van der Waals surface area contributed by atoms with Crippen LogP contribution in [0.2, 0.25) is 0 Å². The van der Waals surface area contributed by atoms with E-state index in [1.54, 1.807) is 12.4 Å². The standard InChI is InChI=1S/C5H8F3NO2S.C5H5N/c6-5(7,8)12(10,11)9-3-1-2-4-9;1-2-4-6-5-3-1/h1-4H2;1-5H. The molecule has 102 valence electrons. The summed E-state index contributed by atoms with van der Waals surface area (Å²) < 4.78 is 57.4. The van der Waals surface area contributed by atoms with Gasteiger partial charge in [0.1, 0.15) is 0 Å². The first kappa shape index (κ1) is 14.9. The first-order chi connectivity index (χ1) is 8.36. The van der Waals surface area contributed by atoms with E-state index in [-0.39, 0.29) is 13.1 Å². The number of aromatic nitrogens is 1. The van der Waals surface area contributed by atoms with E-state index in [4.69, 9.17) is 0 Å². The SMILES string of the molecule is O=S(=O)(N1CCCC1)C(F)(F)F.c1ccncc1. The van der Waals surface area contributed by atoms with Gasteiger partial charge in [-0.1, -0.05) is 6.07 Å². The normalized spacial score (nSPS) is 17.1.